The highest BCUT2D eigenvalue weighted by atomic mass is 16.4. The zero-order valence-corrected chi connectivity index (χ0v) is 15.2. The van der Waals surface area contributed by atoms with Crippen LogP contribution in [0, 0.1) is 12.8 Å². The zero-order chi connectivity index (χ0) is 18.7. The molecule has 0 spiro atoms. The van der Waals surface area contributed by atoms with Crippen LogP contribution in [-0.4, -0.2) is 30.1 Å². The van der Waals surface area contributed by atoms with Gasteiger partial charge in [0.15, 0.2) is 0 Å². The molecular formula is C21H24N2O3. The number of amides is 1. The van der Waals surface area contributed by atoms with E-state index in [0.29, 0.717) is 17.2 Å². The third-order valence-electron chi connectivity index (χ3n) is 4.88. The van der Waals surface area contributed by atoms with Crippen molar-refractivity contribution in [2.75, 3.05) is 23.3 Å². The van der Waals surface area contributed by atoms with Crippen LogP contribution in [0.1, 0.15) is 46.0 Å². The van der Waals surface area contributed by atoms with Gasteiger partial charge in [0.25, 0.3) is 5.91 Å². The number of nitrogens with one attached hydrogen (secondary N) is 1. The van der Waals surface area contributed by atoms with Crippen molar-refractivity contribution in [2.24, 2.45) is 5.92 Å². The summed E-state index contributed by atoms with van der Waals surface area (Å²) in [6.07, 6.45) is 2.28. The van der Waals surface area contributed by atoms with Gasteiger partial charge in [-0.3, -0.25) is 4.79 Å². The first-order valence-electron chi connectivity index (χ1n) is 8.95. The number of carboxylic acid groups (broad SMARTS) is 1. The minimum Gasteiger partial charge on any atom is -0.478 e. The first-order chi connectivity index (χ1) is 12.5. The van der Waals surface area contributed by atoms with Gasteiger partial charge in [0.2, 0.25) is 0 Å². The number of piperidine rings is 1. The number of hydrogen-bond acceptors (Lipinski definition) is 3. The third-order valence-corrected chi connectivity index (χ3v) is 4.88. The van der Waals surface area contributed by atoms with Crippen LogP contribution < -0.4 is 10.2 Å². The lowest BCUT2D eigenvalue weighted by atomic mass is 9.99. The van der Waals surface area contributed by atoms with Gasteiger partial charge in [0, 0.05) is 18.7 Å². The summed E-state index contributed by atoms with van der Waals surface area (Å²) in [7, 11) is 0. The molecule has 0 radical (unpaired) electrons. The topological polar surface area (TPSA) is 69.6 Å². The SMILES string of the molecule is Cc1ccccc1C(=O)Nc1cc(C(=O)O)ccc1N1CCCC(C)C1. The maximum absolute atomic E-state index is 12.7. The largest absolute Gasteiger partial charge is 0.478 e. The lowest BCUT2D eigenvalue weighted by Gasteiger charge is -2.34. The second-order valence-electron chi connectivity index (χ2n) is 7.00. The lowest BCUT2D eigenvalue weighted by molar-refractivity contribution is 0.0696. The van der Waals surface area contributed by atoms with E-state index in [2.05, 4.69) is 17.1 Å². The number of carboxylic acids is 1. The second kappa shape index (κ2) is 7.60. The van der Waals surface area contributed by atoms with Crippen LogP contribution in [0.2, 0.25) is 0 Å². The Morgan fingerprint density at radius 2 is 1.96 bits per heavy atom. The Kier molecular flexibility index (Phi) is 5.26. The number of aryl methyl sites for hydroxylation is 1. The summed E-state index contributed by atoms with van der Waals surface area (Å²) >= 11 is 0. The number of rotatable bonds is 4. The van der Waals surface area contributed by atoms with Gasteiger partial charge in [0.1, 0.15) is 0 Å². The average molecular weight is 352 g/mol. The first kappa shape index (κ1) is 18.0. The van der Waals surface area contributed by atoms with Gasteiger partial charge in [-0.05, 0) is 55.5 Å². The van der Waals surface area contributed by atoms with Crippen molar-refractivity contribution in [1.82, 2.24) is 0 Å². The molecule has 0 aromatic heterocycles. The molecule has 2 aromatic rings. The molecular weight excluding hydrogens is 328 g/mol. The van der Waals surface area contributed by atoms with Gasteiger partial charge in [-0.15, -0.1) is 0 Å². The predicted molar refractivity (Wildman–Crippen MR) is 103 cm³/mol. The monoisotopic (exact) mass is 352 g/mol. The molecule has 1 aliphatic rings. The van der Waals surface area contributed by atoms with E-state index >= 15 is 0 Å². The fraction of sp³-hybridized carbons (Fsp3) is 0.333. The lowest BCUT2D eigenvalue weighted by Crippen LogP contribution is -2.35. The van der Waals surface area contributed by atoms with Crippen molar-refractivity contribution in [2.45, 2.75) is 26.7 Å². The Hall–Kier alpha value is -2.82. The summed E-state index contributed by atoms with van der Waals surface area (Å²) in [6.45, 7) is 5.91. The van der Waals surface area contributed by atoms with Crippen LogP contribution >= 0.6 is 0 Å². The molecule has 1 aliphatic heterocycles. The summed E-state index contributed by atoms with van der Waals surface area (Å²) < 4.78 is 0. The molecule has 0 bridgehead atoms. The number of anilines is 2. The van der Waals surface area contributed by atoms with Crippen LogP contribution in [0.5, 0.6) is 0 Å². The molecule has 5 nitrogen and oxygen atoms in total. The quantitative estimate of drug-likeness (QED) is 0.866. The minimum absolute atomic E-state index is 0.166. The van der Waals surface area contributed by atoms with Crippen molar-refractivity contribution in [3.8, 4) is 0 Å². The number of carbonyl (C=O) groups is 2. The Balaban J connectivity index is 1.95. The maximum atomic E-state index is 12.7. The molecule has 0 saturated carbocycles. The standard InChI is InChI=1S/C21H24N2O3/c1-14-6-5-11-23(13-14)19-10-9-16(21(25)26)12-18(19)22-20(24)17-8-4-3-7-15(17)2/h3-4,7-10,12,14H,5-6,11,13H2,1-2H3,(H,22,24)(H,25,26). The van der Waals surface area contributed by atoms with Gasteiger partial charge >= 0.3 is 5.97 Å². The van der Waals surface area contributed by atoms with E-state index in [1.54, 1.807) is 24.3 Å². The van der Waals surface area contributed by atoms with Crippen molar-refractivity contribution in [3.05, 3.63) is 59.2 Å². The van der Waals surface area contributed by atoms with E-state index in [4.69, 9.17) is 0 Å². The van der Waals surface area contributed by atoms with Crippen molar-refractivity contribution in [3.63, 3.8) is 0 Å². The summed E-state index contributed by atoms with van der Waals surface area (Å²) in [5.74, 6) is -0.658. The number of aromatic carboxylic acids is 1. The van der Waals surface area contributed by atoms with E-state index in [9.17, 15) is 14.7 Å². The third kappa shape index (κ3) is 3.87. The van der Waals surface area contributed by atoms with Crippen LogP contribution in [0.25, 0.3) is 0 Å². The fourth-order valence-electron chi connectivity index (χ4n) is 3.47. The first-order valence-corrected chi connectivity index (χ1v) is 8.95. The molecule has 2 aromatic carbocycles. The summed E-state index contributed by atoms with van der Waals surface area (Å²) in [5, 5.41) is 12.3. The molecule has 1 atom stereocenters. The van der Waals surface area contributed by atoms with E-state index < -0.39 is 5.97 Å². The molecule has 136 valence electrons. The van der Waals surface area contributed by atoms with Gasteiger partial charge in [0.05, 0.1) is 16.9 Å². The number of nitrogens with zero attached hydrogens (tertiary/aromatic N) is 1. The molecule has 1 fully saturated rings. The van der Waals surface area contributed by atoms with Crippen LogP contribution in [0.3, 0.4) is 0 Å². The summed E-state index contributed by atoms with van der Waals surface area (Å²) in [5.41, 5.74) is 3.06. The molecule has 1 amide bonds. The number of benzene rings is 2. The van der Waals surface area contributed by atoms with Crippen LogP contribution in [0.4, 0.5) is 11.4 Å². The van der Waals surface area contributed by atoms with Gasteiger partial charge in [-0.1, -0.05) is 25.1 Å². The molecule has 5 heteroatoms. The average Bonchev–Trinajstić information content (AvgIpc) is 2.62. The summed E-state index contributed by atoms with van der Waals surface area (Å²) in [4.78, 5) is 26.3. The Morgan fingerprint density at radius 1 is 1.19 bits per heavy atom. The number of carbonyl (C=O) groups excluding carboxylic acids is 1. The van der Waals surface area contributed by atoms with E-state index in [-0.39, 0.29) is 11.5 Å². The van der Waals surface area contributed by atoms with Crippen molar-refractivity contribution >= 4 is 23.3 Å². The van der Waals surface area contributed by atoms with Gasteiger partial charge in [-0.2, -0.15) is 0 Å². The van der Waals surface area contributed by atoms with Gasteiger partial charge in [-0.25, -0.2) is 4.79 Å². The Bertz CT molecular complexity index is 832. The molecule has 2 N–H and O–H groups in total. The zero-order valence-electron chi connectivity index (χ0n) is 15.2. The highest BCUT2D eigenvalue weighted by Gasteiger charge is 2.21. The van der Waals surface area contributed by atoms with E-state index in [1.165, 1.54) is 6.42 Å². The minimum atomic E-state index is -1.00. The number of hydrogen-bond donors (Lipinski definition) is 2. The highest BCUT2D eigenvalue weighted by Crippen LogP contribution is 2.31. The van der Waals surface area contributed by atoms with E-state index in [0.717, 1.165) is 30.8 Å². The Labute approximate surface area is 153 Å². The molecule has 1 unspecified atom stereocenters. The van der Waals surface area contributed by atoms with E-state index in [1.807, 2.05) is 25.1 Å². The van der Waals surface area contributed by atoms with Crippen molar-refractivity contribution < 1.29 is 14.7 Å². The predicted octanol–water partition coefficient (Wildman–Crippen LogP) is 4.18. The normalized spacial score (nSPS) is 17.0. The fourth-order valence-corrected chi connectivity index (χ4v) is 3.47. The molecule has 0 aliphatic carbocycles. The smallest absolute Gasteiger partial charge is 0.335 e. The molecule has 1 heterocycles. The van der Waals surface area contributed by atoms with Crippen LogP contribution in [0.15, 0.2) is 42.5 Å². The van der Waals surface area contributed by atoms with Crippen LogP contribution in [-0.2, 0) is 0 Å². The molecule has 26 heavy (non-hydrogen) atoms. The van der Waals surface area contributed by atoms with Gasteiger partial charge < -0.3 is 15.3 Å². The highest BCUT2D eigenvalue weighted by molar-refractivity contribution is 6.07. The molecule has 1 saturated heterocycles. The second-order valence-corrected chi connectivity index (χ2v) is 7.00. The maximum Gasteiger partial charge on any atom is 0.335 e. The van der Waals surface area contributed by atoms with Crippen molar-refractivity contribution in [1.29, 1.82) is 0 Å². The molecule has 3 rings (SSSR count). The Morgan fingerprint density at radius 3 is 2.65 bits per heavy atom. The summed E-state index contributed by atoms with van der Waals surface area (Å²) in [6, 6.07) is 12.3.